The number of nitrogen functional groups attached to an aromatic ring is 1. The number of hydrogen-bond donors (Lipinski definition) is 3. The number of ether oxygens (including phenoxy) is 1. The average molecular weight is 333 g/mol. The standard InChI is InChI=1S/C15H19N5O2S/c1-2-3-4-5-6-9-12(23)11(21)15(22-9)20-8-19-10-13(16)17-7-18-14(10)20/h7-9,11-12,15,21,23H,2,5-6H2,1H3,(H2,16,17,18)/t9-,11-,12-,15-/m1/s1. The first kappa shape index (κ1) is 16.1. The SMILES string of the molecule is CCC#CCC[C@H]1O[C@@H](n2cnc3c(N)ncnc32)[C@H](O)[C@@H]1S. The van der Waals surface area contributed by atoms with Crippen molar-refractivity contribution in [1.82, 2.24) is 19.5 Å². The Labute approximate surface area is 139 Å². The second kappa shape index (κ2) is 6.74. The van der Waals surface area contributed by atoms with Crippen LogP contribution in [-0.4, -0.2) is 42.1 Å². The second-order valence-corrected chi connectivity index (χ2v) is 5.97. The molecule has 122 valence electrons. The van der Waals surface area contributed by atoms with Crippen molar-refractivity contribution in [3.63, 3.8) is 0 Å². The largest absolute Gasteiger partial charge is 0.387 e. The Balaban J connectivity index is 1.81. The number of aromatic nitrogens is 4. The van der Waals surface area contributed by atoms with Crippen molar-refractivity contribution in [3.8, 4) is 11.8 Å². The summed E-state index contributed by atoms with van der Waals surface area (Å²) in [6, 6.07) is 0. The lowest BCUT2D eigenvalue weighted by atomic mass is 10.1. The number of rotatable bonds is 3. The van der Waals surface area contributed by atoms with E-state index in [4.69, 9.17) is 10.5 Å². The van der Waals surface area contributed by atoms with Gasteiger partial charge in [0.25, 0.3) is 0 Å². The third-order valence-corrected chi connectivity index (χ3v) is 4.49. The van der Waals surface area contributed by atoms with Crippen molar-refractivity contribution in [2.75, 3.05) is 5.73 Å². The number of anilines is 1. The molecule has 1 saturated heterocycles. The van der Waals surface area contributed by atoms with Gasteiger partial charge in [-0.1, -0.05) is 6.92 Å². The van der Waals surface area contributed by atoms with Gasteiger partial charge in [-0.2, -0.15) is 12.6 Å². The van der Waals surface area contributed by atoms with Crippen LogP contribution in [0.5, 0.6) is 0 Å². The topological polar surface area (TPSA) is 99.1 Å². The highest BCUT2D eigenvalue weighted by molar-refractivity contribution is 7.81. The molecular weight excluding hydrogens is 314 g/mol. The molecule has 3 heterocycles. The van der Waals surface area contributed by atoms with Crippen LogP contribution in [-0.2, 0) is 4.74 Å². The molecule has 0 spiro atoms. The van der Waals surface area contributed by atoms with Crippen molar-refractivity contribution in [2.24, 2.45) is 0 Å². The molecule has 23 heavy (non-hydrogen) atoms. The molecule has 2 aromatic heterocycles. The molecule has 0 bridgehead atoms. The van der Waals surface area contributed by atoms with Gasteiger partial charge < -0.3 is 15.6 Å². The number of imidazole rings is 1. The van der Waals surface area contributed by atoms with Crippen molar-refractivity contribution >= 4 is 29.6 Å². The zero-order valence-corrected chi connectivity index (χ0v) is 13.6. The molecule has 3 N–H and O–H groups in total. The van der Waals surface area contributed by atoms with Crippen LogP contribution in [0.4, 0.5) is 5.82 Å². The number of thiol groups is 1. The Morgan fingerprint density at radius 1 is 1.39 bits per heavy atom. The first-order valence-electron chi connectivity index (χ1n) is 7.53. The zero-order chi connectivity index (χ0) is 16.4. The van der Waals surface area contributed by atoms with Crippen molar-refractivity contribution in [2.45, 2.75) is 49.9 Å². The highest BCUT2D eigenvalue weighted by Crippen LogP contribution is 2.36. The molecule has 7 nitrogen and oxygen atoms in total. The van der Waals surface area contributed by atoms with Gasteiger partial charge in [0.1, 0.15) is 17.9 Å². The van der Waals surface area contributed by atoms with E-state index < -0.39 is 12.3 Å². The van der Waals surface area contributed by atoms with Crippen LogP contribution in [0, 0.1) is 11.8 Å². The number of aliphatic hydroxyl groups is 1. The van der Waals surface area contributed by atoms with Gasteiger partial charge in [0.05, 0.1) is 17.7 Å². The summed E-state index contributed by atoms with van der Waals surface area (Å²) in [7, 11) is 0. The van der Waals surface area contributed by atoms with Crippen molar-refractivity contribution in [1.29, 1.82) is 0 Å². The Bertz CT molecular complexity index is 753. The molecule has 2 aromatic rings. The van der Waals surface area contributed by atoms with E-state index in [0.29, 0.717) is 17.0 Å². The van der Waals surface area contributed by atoms with E-state index in [1.54, 1.807) is 10.9 Å². The van der Waals surface area contributed by atoms with E-state index in [9.17, 15) is 5.11 Å². The second-order valence-electron chi connectivity index (χ2n) is 5.38. The molecule has 0 radical (unpaired) electrons. The highest BCUT2D eigenvalue weighted by Gasteiger charge is 2.42. The Hall–Kier alpha value is -1.82. The van der Waals surface area contributed by atoms with Crippen molar-refractivity contribution in [3.05, 3.63) is 12.7 Å². The molecule has 3 rings (SSSR count). The predicted octanol–water partition coefficient (Wildman–Crippen LogP) is 1.16. The molecule has 4 atom stereocenters. The van der Waals surface area contributed by atoms with Crippen LogP contribution in [0.1, 0.15) is 32.4 Å². The molecule has 1 fully saturated rings. The molecule has 8 heteroatoms. The lowest BCUT2D eigenvalue weighted by Gasteiger charge is -2.16. The third kappa shape index (κ3) is 3.00. The maximum atomic E-state index is 10.5. The minimum atomic E-state index is -0.768. The van der Waals surface area contributed by atoms with E-state index in [1.165, 1.54) is 6.33 Å². The molecule has 0 amide bonds. The normalized spacial score (nSPS) is 27.1. The molecule has 0 aromatic carbocycles. The monoisotopic (exact) mass is 333 g/mol. The summed E-state index contributed by atoms with van der Waals surface area (Å²) in [6.45, 7) is 2.01. The predicted molar refractivity (Wildman–Crippen MR) is 89.7 cm³/mol. The quantitative estimate of drug-likeness (QED) is 0.576. The number of aliphatic hydroxyl groups excluding tert-OH is 1. The van der Waals surface area contributed by atoms with Crippen LogP contribution in [0.2, 0.25) is 0 Å². The van der Waals surface area contributed by atoms with E-state index in [-0.39, 0.29) is 11.4 Å². The number of hydrogen-bond acceptors (Lipinski definition) is 7. The molecular formula is C15H19N5O2S. The van der Waals surface area contributed by atoms with Gasteiger partial charge >= 0.3 is 0 Å². The van der Waals surface area contributed by atoms with Crippen molar-refractivity contribution < 1.29 is 9.84 Å². The van der Waals surface area contributed by atoms with Crippen LogP contribution < -0.4 is 5.73 Å². The summed E-state index contributed by atoms with van der Waals surface area (Å²) in [4.78, 5) is 12.3. The van der Waals surface area contributed by atoms with E-state index >= 15 is 0 Å². The van der Waals surface area contributed by atoms with Crippen LogP contribution in [0.15, 0.2) is 12.7 Å². The smallest absolute Gasteiger partial charge is 0.167 e. The maximum Gasteiger partial charge on any atom is 0.167 e. The Morgan fingerprint density at radius 3 is 3.00 bits per heavy atom. The van der Waals surface area contributed by atoms with Gasteiger partial charge in [-0.15, -0.1) is 11.8 Å². The fourth-order valence-corrected chi connectivity index (χ4v) is 3.05. The van der Waals surface area contributed by atoms with Crippen LogP contribution in [0.3, 0.4) is 0 Å². The summed E-state index contributed by atoms with van der Waals surface area (Å²) in [5.74, 6) is 6.41. The van der Waals surface area contributed by atoms with Crippen LogP contribution in [0.25, 0.3) is 11.2 Å². The summed E-state index contributed by atoms with van der Waals surface area (Å²) >= 11 is 4.50. The van der Waals surface area contributed by atoms with Gasteiger partial charge in [-0.05, 0) is 6.42 Å². The highest BCUT2D eigenvalue weighted by atomic mass is 32.1. The Kier molecular flexibility index (Phi) is 4.71. The van der Waals surface area contributed by atoms with E-state index in [1.807, 2.05) is 6.92 Å². The van der Waals surface area contributed by atoms with E-state index in [2.05, 4.69) is 39.4 Å². The fourth-order valence-electron chi connectivity index (χ4n) is 2.68. The van der Waals surface area contributed by atoms with E-state index in [0.717, 1.165) is 19.3 Å². The maximum absolute atomic E-state index is 10.5. The average Bonchev–Trinajstić information content (AvgIpc) is 3.09. The Morgan fingerprint density at radius 2 is 2.22 bits per heavy atom. The minimum Gasteiger partial charge on any atom is -0.387 e. The molecule has 1 aliphatic rings. The lowest BCUT2D eigenvalue weighted by molar-refractivity contribution is -0.0363. The number of fused-ring (bicyclic) bond motifs is 1. The number of nitrogens with two attached hydrogens (primary N) is 1. The molecule has 0 unspecified atom stereocenters. The molecule has 0 saturated carbocycles. The summed E-state index contributed by atoms with van der Waals surface area (Å²) < 4.78 is 7.67. The molecule has 0 aliphatic carbocycles. The molecule has 1 aliphatic heterocycles. The van der Waals surface area contributed by atoms with Gasteiger partial charge in [0.2, 0.25) is 0 Å². The number of nitrogens with zero attached hydrogens (tertiary/aromatic N) is 4. The summed E-state index contributed by atoms with van der Waals surface area (Å²) in [5.41, 5.74) is 6.82. The summed E-state index contributed by atoms with van der Waals surface area (Å²) in [6.07, 6.45) is 3.66. The van der Waals surface area contributed by atoms with Gasteiger partial charge in [-0.3, -0.25) is 4.57 Å². The minimum absolute atomic E-state index is 0.180. The van der Waals surface area contributed by atoms with Gasteiger partial charge in [-0.25, -0.2) is 15.0 Å². The zero-order valence-electron chi connectivity index (χ0n) is 12.8. The van der Waals surface area contributed by atoms with Crippen LogP contribution >= 0.6 is 12.6 Å². The lowest BCUT2D eigenvalue weighted by Crippen LogP contribution is -2.27. The van der Waals surface area contributed by atoms with Gasteiger partial charge in [0.15, 0.2) is 17.7 Å². The third-order valence-electron chi connectivity index (χ3n) is 3.85. The van der Waals surface area contributed by atoms with Gasteiger partial charge in [0, 0.05) is 12.8 Å². The first-order valence-corrected chi connectivity index (χ1v) is 8.05. The first-order chi connectivity index (χ1) is 11.1. The fraction of sp³-hybridized carbons (Fsp3) is 0.533. The summed E-state index contributed by atoms with van der Waals surface area (Å²) in [5, 5.41) is 10.2.